The number of piperazine rings is 2. The minimum atomic E-state index is -1.77. The van der Waals surface area contributed by atoms with Gasteiger partial charge in [-0.25, -0.2) is 32.8 Å². The number of ether oxygens (including phenoxy) is 4. The van der Waals surface area contributed by atoms with E-state index in [4.69, 9.17) is 56.1 Å². The maximum absolute atomic E-state index is 15.5. The summed E-state index contributed by atoms with van der Waals surface area (Å²) in [7, 11) is -0.0232. The summed E-state index contributed by atoms with van der Waals surface area (Å²) in [5.74, 6) is -13.5. The Morgan fingerprint density at radius 3 is 1.81 bits per heavy atom. The van der Waals surface area contributed by atoms with Crippen LogP contribution in [0.3, 0.4) is 0 Å². The lowest BCUT2D eigenvalue weighted by atomic mass is 9.43. The zero-order valence-corrected chi connectivity index (χ0v) is 65.1. The predicted octanol–water partition coefficient (Wildman–Crippen LogP) is 7.60. The van der Waals surface area contributed by atoms with Gasteiger partial charge < -0.3 is 84.3 Å². The number of phenols is 2. The van der Waals surface area contributed by atoms with Crippen molar-refractivity contribution in [2.45, 2.75) is 161 Å². The van der Waals surface area contributed by atoms with E-state index in [2.05, 4.69) is 35.1 Å². The molecule has 3 saturated heterocycles. The number of hydrogen-bond donors (Lipinski definition) is 8. The molecule has 0 radical (unpaired) electrons. The Bertz CT molecular complexity index is 4390. The number of amides is 10. The second-order valence-electron chi connectivity index (χ2n) is 30.8. The highest BCUT2D eigenvalue weighted by molar-refractivity contribution is 6.48. The summed E-state index contributed by atoms with van der Waals surface area (Å²) in [4.78, 5) is 160. The molecular weight excluding hydrogens is 1500 g/mol. The lowest BCUT2D eigenvalue weighted by Crippen LogP contribution is -2.65. The van der Waals surface area contributed by atoms with Crippen molar-refractivity contribution < 1.29 is 120 Å². The second kappa shape index (κ2) is 34.0. The Morgan fingerprint density at radius 1 is 0.703 bits per heavy atom. The summed E-state index contributed by atoms with van der Waals surface area (Å²) in [5, 5.41) is 49.6. The normalized spacial score (nSPS) is 20.7. The Balaban J connectivity index is 0.000000274. The number of carboxylic acids is 1. The summed E-state index contributed by atoms with van der Waals surface area (Å²) in [5.41, 5.74) is -2.41. The van der Waals surface area contributed by atoms with Gasteiger partial charge in [0.2, 0.25) is 5.91 Å². The third-order valence-corrected chi connectivity index (χ3v) is 21.4. The van der Waals surface area contributed by atoms with Gasteiger partial charge in [-0.05, 0) is 133 Å². The zero-order valence-electron chi connectivity index (χ0n) is 63.6. The fourth-order valence-corrected chi connectivity index (χ4v) is 15.6. The monoisotopic (exact) mass is 1590 g/mol. The van der Waals surface area contributed by atoms with Crippen LogP contribution in [0.25, 0.3) is 0 Å². The molecule has 4 aliphatic heterocycles. The van der Waals surface area contributed by atoms with Gasteiger partial charge in [0.05, 0.1) is 36.0 Å². The number of fused-ring (bicyclic) bond motifs is 1. The van der Waals surface area contributed by atoms with Crippen molar-refractivity contribution in [1.29, 1.82) is 0 Å². The molecule has 2 bridgehead atoms. The van der Waals surface area contributed by atoms with E-state index in [1.54, 1.807) is 60.6 Å². The Labute approximate surface area is 649 Å². The number of aryl methyl sites for hydroxylation is 1. The lowest BCUT2D eigenvalue weighted by Gasteiger charge is -2.64. The summed E-state index contributed by atoms with van der Waals surface area (Å²) in [6.07, 6.45) is -0.271. The number of nitrogens with one attached hydrogen (secondary N) is 4. The predicted molar refractivity (Wildman–Crippen MR) is 394 cm³/mol. The smallest absolute Gasteiger partial charge is 0.526 e. The third-order valence-electron chi connectivity index (χ3n) is 20.7. The van der Waals surface area contributed by atoms with Gasteiger partial charge in [0.15, 0.2) is 23.1 Å². The van der Waals surface area contributed by atoms with Crippen LogP contribution in [-0.2, 0) is 65.2 Å². The number of ketones is 2. The standard InChI is InChI=1S/C47H63BClFN4O12.C27H27BClFN4O11/c1-25-13-15-29(35(49)37(25)61-11)36(52-42(59)54-20-19-53(39(56)40(54)57)18-17-51-43(60)64-45(5,6)7)31(55)24-28(48-65-33-23-27-22-32(46(27,8)9)47(33,10)66-48)21-26-14-16-30(50)34(38(26)62-12)41(58)63-44(2,3)4;1-12(35)31-6-7-33-8-9-34(25(40)24(33)39)27(43)32-21(15-3-5-17(36)22(38)20(15)29)18(37)11-14-10-13-2-4-16(30)19(26(41)42)23(13)45-28(14)44/h13-16,27-28,32-33,36H,17-24H2,1-12H3,(H,51,60)(H,52,59);2-5,14,21,36,38,44H,6-11H2,1H3,(H,31,35)(H,32,43)(H,41,42)/t27-,28+,32-,33+,36?,47-;14-,21?/m01/s1. The number of rotatable bonds is 23. The van der Waals surface area contributed by atoms with E-state index < -0.39 is 172 Å². The number of carboxylic acid groups (broad SMARTS) is 1. The fraction of sp³-hybridized carbons (Fsp3) is 0.514. The first-order valence-electron chi connectivity index (χ1n) is 35.8. The van der Waals surface area contributed by atoms with Crippen LogP contribution in [-0.4, -0.2) is 215 Å². The highest BCUT2D eigenvalue weighted by Crippen LogP contribution is 2.66. The van der Waals surface area contributed by atoms with Gasteiger partial charge in [-0.3, -0.25) is 43.4 Å². The van der Waals surface area contributed by atoms with Crippen molar-refractivity contribution in [2.24, 2.45) is 17.3 Å². The van der Waals surface area contributed by atoms with Gasteiger partial charge >= 0.3 is 68.0 Å². The first-order valence-corrected chi connectivity index (χ1v) is 36.6. The molecule has 7 aliphatic rings. The molecule has 2 unspecified atom stereocenters. The van der Waals surface area contributed by atoms with Crippen LogP contribution in [0.15, 0.2) is 48.5 Å². The van der Waals surface area contributed by atoms with Gasteiger partial charge in [0, 0.05) is 94.9 Å². The molecule has 4 aromatic rings. The summed E-state index contributed by atoms with van der Waals surface area (Å²) in [6.45, 7) is 19.1. The molecule has 3 aliphatic carbocycles. The number of carbonyl (C=O) groups excluding carboxylic acids is 11. The number of esters is 1. The lowest BCUT2D eigenvalue weighted by molar-refractivity contribution is -0.199. The molecule has 8 atom stereocenters. The highest BCUT2D eigenvalue weighted by atomic mass is 35.5. The number of halogens is 4. The molecule has 4 heterocycles. The quantitative estimate of drug-likeness (QED) is 0.0153. The molecule has 3 saturated carbocycles. The zero-order chi connectivity index (χ0) is 82.0. The van der Waals surface area contributed by atoms with Crippen molar-refractivity contribution in [2.75, 3.05) is 66.6 Å². The molecule has 598 valence electrons. The van der Waals surface area contributed by atoms with Crippen LogP contribution in [0, 0.1) is 35.8 Å². The van der Waals surface area contributed by atoms with Crippen LogP contribution in [0.4, 0.5) is 23.2 Å². The van der Waals surface area contributed by atoms with Crippen molar-refractivity contribution in [3.8, 4) is 28.7 Å². The number of alkyl carbamates (subject to hydrolysis) is 1. The molecule has 10 amide bonds. The number of Topliss-reactive ketones (excluding diaryl/α,β-unsaturated/α-hetero) is 2. The molecular formula is C74H90B2Cl2F2N8O23. The van der Waals surface area contributed by atoms with Crippen LogP contribution in [0.5, 0.6) is 28.7 Å². The van der Waals surface area contributed by atoms with Crippen LogP contribution in [0.1, 0.15) is 156 Å². The van der Waals surface area contributed by atoms with E-state index >= 15 is 9.18 Å². The molecule has 8 N–H and O–H groups in total. The maximum atomic E-state index is 15.5. The molecule has 11 rings (SSSR count). The average Bonchev–Trinajstić information content (AvgIpc) is 1.56. The van der Waals surface area contributed by atoms with E-state index in [0.717, 1.165) is 46.9 Å². The number of nitrogens with zero attached hydrogens (tertiary/aromatic N) is 4. The largest absolute Gasteiger partial charge is 0.535 e. The second-order valence-corrected chi connectivity index (χ2v) is 31.5. The number of methoxy groups -OCH3 is 2. The minimum Gasteiger partial charge on any atom is -0.535 e. The number of imide groups is 2. The molecule has 4 aromatic carbocycles. The Kier molecular flexibility index (Phi) is 26.1. The van der Waals surface area contributed by atoms with Crippen molar-refractivity contribution in [3.05, 3.63) is 109 Å². The molecule has 0 aromatic heterocycles. The summed E-state index contributed by atoms with van der Waals surface area (Å²) < 4.78 is 70.7. The Hall–Kier alpha value is -9.83. The van der Waals surface area contributed by atoms with Crippen molar-refractivity contribution >= 4 is 109 Å². The minimum absolute atomic E-state index is 0.00475. The first-order chi connectivity index (χ1) is 51.9. The third kappa shape index (κ3) is 18.7. The van der Waals surface area contributed by atoms with Crippen LogP contribution >= 0.6 is 23.2 Å². The van der Waals surface area contributed by atoms with Crippen LogP contribution < -0.4 is 35.4 Å². The van der Waals surface area contributed by atoms with E-state index in [1.807, 2.05) is 6.92 Å². The van der Waals surface area contributed by atoms with E-state index in [-0.39, 0.29) is 128 Å². The maximum Gasteiger partial charge on any atom is 0.526 e. The number of urea groups is 2. The van der Waals surface area contributed by atoms with Gasteiger partial charge in [-0.15, -0.1) is 0 Å². The number of aromatic hydroxyl groups is 2. The van der Waals surface area contributed by atoms with Gasteiger partial charge in [-0.1, -0.05) is 67.4 Å². The van der Waals surface area contributed by atoms with Gasteiger partial charge in [0.1, 0.15) is 63.3 Å². The number of benzene rings is 4. The average molecular weight is 1590 g/mol. The van der Waals surface area contributed by atoms with E-state index in [1.165, 1.54) is 38.2 Å². The van der Waals surface area contributed by atoms with E-state index in [0.29, 0.717) is 21.9 Å². The Morgan fingerprint density at radius 2 is 1.25 bits per heavy atom. The van der Waals surface area contributed by atoms with Crippen molar-refractivity contribution in [3.63, 3.8) is 0 Å². The number of aromatic carboxylic acids is 1. The first kappa shape index (κ1) is 85.2. The topological polar surface area (TPSA) is 411 Å². The number of carbonyl (C=O) groups is 12. The summed E-state index contributed by atoms with van der Waals surface area (Å²) >= 11 is 13.1. The van der Waals surface area contributed by atoms with Crippen LogP contribution in [0.2, 0.25) is 21.7 Å². The molecule has 111 heavy (non-hydrogen) atoms. The molecule has 31 nitrogen and oxygen atoms in total. The molecule has 37 heteroatoms. The van der Waals surface area contributed by atoms with E-state index in [9.17, 15) is 77.5 Å². The molecule has 0 spiro atoms. The number of hydrogen-bond acceptors (Lipinski definition) is 22. The SMILES string of the molecule is CC(=O)NCCN1CCN(C(=O)NC(C(=O)C[C@H]2Cc3ccc(F)c(C(=O)O)c3OB2O)c2ccc(O)c(O)c2Cl)C(=O)C1=O.COc1c(C)ccc(C(NC(=O)N2CCN(CCNC(=O)OC(C)(C)C)C(=O)C2=O)C(=O)C[C@@H](Cc2ccc(F)c(C(=O)OC(C)(C)C)c2OC)B2O[C@@H]3C[C@@H]4C[C@@H](C4(C)C)[C@]3(C)O2)c1Cl. The fourth-order valence-electron chi connectivity index (χ4n) is 14.9. The number of phenolic OH excluding ortho intramolecular Hbond substituents is 2. The van der Waals surface area contributed by atoms with Crippen molar-refractivity contribution in [1.82, 2.24) is 40.9 Å². The highest BCUT2D eigenvalue weighted by Gasteiger charge is 2.68. The molecule has 6 fully saturated rings. The van der Waals surface area contributed by atoms with Gasteiger partial charge in [0.25, 0.3) is 0 Å². The van der Waals surface area contributed by atoms with Gasteiger partial charge in [-0.2, -0.15) is 0 Å². The summed E-state index contributed by atoms with van der Waals surface area (Å²) in [6, 6.07) is 4.77.